The van der Waals surface area contributed by atoms with E-state index < -0.39 is 23.1 Å². The lowest BCUT2D eigenvalue weighted by Crippen LogP contribution is -2.43. The number of hydrogen-bond acceptors (Lipinski definition) is 6. The third kappa shape index (κ3) is 4.32. The number of amides is 2. The summed E-state index contributed by atoms with van der Waals surface area (Å²) in [6.07, 6.45) is 3.04. The second-order valence-corrected chi connectivity index (χ2v) is 14.7. The van der Waals surface area contributed by atoms with Gasteiger partial charge in [-0.1, -0.05) is 18.2 Å². The van der Waals surface area contributed by atoms with Crippen LogP contribution in [0.2, 0.25) is 0 Å². The Hall–Kier alpha value is -4.18. The average Bonchev–Trinajstić information content (AvgIpc) is 3.86. The van der Waals surface area contributed by atoms with Gasteiger partial charge in [-0.25, -0.2) is 9.18 Å². The van der Waals surface area contributed by atoms with E-state index in [2.05, 4.69) is 10.6 Å². The van der Waals surface area contributed by atoms with Crippen molar-refractivity contribution in [1.29, 1.82) is 5.26 Å². The van der Waals surface area contributed by atoms with Crippen molar-refractivity contribution in [2.24, 2.45) is 5.92 Å². The highest BCUT2D eigenvalue weighted by atomic mass is 32.2. The van der Waals surface area contributed by atoms with Crippen molar-refractivity contribution in [3.8, 4) is 17.2 Å². The number of thiophene rings is 1. The van der Waals surface area contributed by atoms with Crippen LogP contribution in [0.4, 0.5) is 9.18 Å². The summed E-state index contributed by atoms with van der Waals surface area (Å²) in [7, 11) is 0. The van der Waals surface area contributed by atoms with E-state index >= 15 is 4.39 Å². The molecule has 0 radical (unpaired) electrons. The number of fused-ring (bicyclic) bond motifs is 5. The molecule has 2 amide bonds. The molecule has 1 aliphatic carbocycles. The number of nitriles is 1. The van der Waals surface area contributed by atoms with Crippen molar-refractivity contribution >= 4 is 66.4 Å². The molecular formula is C34H30FN5O4S2. The van der Waals surface area contributed by atoms with Gasteiger partial charge in [0.15, 0.2) is 5.82 Å². The lowest BCUT2D eigenvalue weighted by atomic mass is 9.79. The predicted molar refractivity (Wildman–Crippen MR) is 175 cm³/mol. The molecule has 1 N–H and O–H groups in total. The van der Waals surface area contributed by atoms with Gasteiger partial charge in [-0.05, 0) is 48.4 Å². The maximum Gasteiger partial charge on any atom is 0.407 e. The summed E-state index contributed by atoms with van der Waals surface area (Å²) < 4.78 is 33.6. The molecule has 234 valence electrons. The van der Waals surface area contributed by atoms with Crippen LogP contribution in [0.5, 0.6) is 0 Å². The van der Waals surface area contributed by atoms with Crippen molar-refractivity contribution in [3.05, 3.63) is 58.9 Å². The van der Waals surface area contributed by atoms with Gasteiger partial charge in [-0.15, -0.1) is 11.3 Å². The van der Waals surface area contributed by atoms with Crippen LogP contribution >= 0.6 is 11.3 Å². The number of carboxylic acid groups (broad SMARTS) is 1. The van der Waals surface area contributed by atoms with E-state index in [0.717, 1.165) is 34.2 Å². The van der Waals surface area contributed by atoms with Gasteiger partial charge >= 0.3 is 6.09 Å². The molecule has 9 nitrogen and oxygen atoms in total. The van der Waals surface area contributed by atoms with Crippen molar-refractivity contribution in [3.63, 3.8) is 0 Å². The van der Waals surface area contributed by atoms with E-state index in [9.17, 15) is 24.5 Å². The Morgan fingerprint density at radius 1 is 1.26 bits per heavy atom. The number of carbonyl (C=O) groups is 2. The molecule has 12 heteroatoms. The van der Waals surface area contributed by atoms with Gasteiger partial charge in [-0.2, -0.15) is 10.2 Å². The van der Waals surface area contributed by atoms with Crippen LogP contribution in [0.25, 0.3) is 43.0 Å². The summed E-state index contributed by atoms with van der Waals surface area (Å²) in [5, 5.41) is 23.7. The van der Waals surface area contributed by atoms with E-state index in [0.29, 0.717) is 59.9 Å². The van der Waals surface area contributed by atoms with Crippen LogP contribution < -0.4 is 0 Å². The smallest absolute Gasteiger partial charge is 0.407 e. The fourth-order valence-corrected chi connectivity index (χ4v) is 9.59. The number of carbonyl (C=O) groups excluding carboxylic acids is 1. The third-order valence-corrected chi connectivity index (χ3v) is 11.8. The van der Waals surface area contributed by atoms with Gasteiger partial charge in [0.25, 0.3) is 5.03 Å². The summed E-state index contributed by atoms with van der Waals surface area (Å²) in [6.45, 7) is 1.34. The summed E-state index contributed by atoms with van der Waals surface area (Å²) in [5.74, 6) is -0.418. The molecule has 6 heterocycles. The summed E-state index contributed by atoms with van der Waals surface area (Å²) in [5.41, 5.74) is 3.34. The van der Waals surface area contributed by atoms with E-state index in [1.165, 1.54) is 22.5 Å². The molecule has 4 aliphatic rings. The Kier molecular flexibility index (Phi) is 6.97. The minimum absolute atomic E-state index is 0.0558. The first kappa shape index (κ1) is 29.2. The molecule has 4 fully saturated rings. The van der Waals surface area contributed by atoms with Gasteiger partial charge < -0.3 is 24.0 Å². The second-order valence-electron chi connectivity index (χ2n) is 12.5. The van der Waals surface area contributed by atoms with Crippen LogP contribution in [-0.4, -0.2) is 66.4 Å². The quantitative estimate of drug-likeness (QED) is 0.201. The molecule has 4 atom stereocenters. The number of aromatic nitrogens is 2. The maximum atomic E-state index is 17.2. The molecule has 9 rings (SSSR count). The number of aryl methyl sites for hydroxylation is 1. The summed E-state index contributed by atoms with van der Waals surface area (Å²) in [6, 6.07) is 13.4. The van der Waals surface area contributed by atoms with Crippen molar-refractivity contribution in [2.45, 2.75) is 55.8 Å². The SMILES string of the molecule is C[S+]([O-])c1nc2c(F)c(-c3csc4ccccc34)c(CCC#N)cc2c2c1cc(CN1CCCC1=O)n2[C@H]1[C@@H]2C[C@H]1N(C(=O)O)C2. The van der Waals surface area contributed by atoms with Gasteiger partial charge in [0.1, 0.15) is 11.8 Å². The first-order valence-electron chi connectivity index (χ1n) is 15.4. The minimum Gasteiger partial charge on any atom is -0.610 e. The first-order valence-corrected chi connectivity index (χ1v) is 17.8. The molecule has 3 aromatic heterocycles. The van der Waals surface area contributed by atoms with Crippen molar-refractivity contribution in [2.75, 3.05) is 19.3 Å². The highest BCUT2D eigenvalue weighted by Gasteiger charge is 2.55. The maximum absolute atomic E-state index is 17.2. The Morgan fingerprint density at radius 3 is 2.80 bits per heavy atom. The predicted octanol–water partition coefficient (Wildman–Crippen LogP) is 6.45. The van der Waals surface area contributed by atoms with Crippen LogP contribution in [-0.2, 0) is 28.9 Å². The minimum atomic E-state index is -1.58. The number of hydrogen-bond donors (Lipinski definition) is 1. The molecule has 5 aromatic rings. The zero-order valence-electron chi connectivity index (χ0n) is 25.0. The van der Waals surface area contributed by atoms with E-state index in [1.54, 1.807) is 4.90 Å². The number of likely N-dealkylation sites (tertiary alicyclic amines) is 1. The van der Waals surface area contributed by atoms with Gasteiger partial charge in [0, 0.05) is 75.3 Å². The average molecular weight is 656 g/mol. The van der Waals surface area contributed by atoms with Crippen LogP contribution in [0.1, 0.15) is 43.0 Å². The Labute approximate surface area is 271 Å². The number of halogens is 1. The number of rotatable bonds is 7. The molecular weight excluding hydrogens is 626 g/mol. The van der Waals surface area contributed by atoms with Crippen LogP contribution in [0.3, 0.4) is 0 Å². The topological polar surface area (TPSA) is 126 Å². The molecule has 2 bridgehead atoms. The Bertz CT molecular complexity index is 2140. The van der Waals surface area contributed by atoms with E-state index in [-0.39, 0.29) is 40.9 Å². The molecule has 1 saturated carbocycles. The monoisotopic (exact) mass is 655 g/mol. The largest absolute Gasteiger partial charge is 0.610 e. The van der Waals surface area contributed by atoms with Crippen molar-refractivity contribution < 1.29 is 23.6 Å². The van der Waals surface area contributed by atoms with Crippen LogP contribution in [0, 0.1) is 23.1 Å². The van der Waals surface area contributed by atoms with E-state index in [4.69, 9.17) is 4.98 Å². The van der Waals surface area contributed by atoms with Crippen molar-refractivity contribution in [1.82, 2.24) is 19.4 Å². The molecule has 3 aliphatic heterocycles. The van der Waals surface area contributed by atoms with Gasteiger partial charge in [0.05, 0.1) is 35.6 Å². The molecule has 46 heavy (non-hydrogen) atoms. The number of nitrogens with zero attached hydrogens (tertiary/aromatic N) is 5. The highest BCUT2D eigenvalue weighted by molar-refractivity contribution is 7.90. The van der Waals surface area contributed by atoms with Gasteiger partial charge in [-0.3, -0.25) is 4.79 Å². The Morgan fingerprint density at radius 2 is 2.09 bits per heavy atom. The number of benzene rings is 2. The summed E-state index contributed by atoms with van der Waals surface area (Å²) in [4.78, 5) is 32.9. The highest BCUT2D eigenvalue weighted by Crippen LogP contribution is 2.53. The Balaban J connectivity index is 1.44. The molecule has 0 spiro atoms. The lowest BCUT2D eigenvalue weighted by Gasteiger charge is -2.39. The van der Waals surface area contributed by atoms with Crippen LogP contribution in [0.15, 0.2) is 46.8 Å². The zero-order chi connectivity index (χ0) is 31.9. The fourth-order valence-electron chi connectivity index (χ4n) is 7.95. The molecule has 3 saturated heterocycles. The molecule has 1 unspecified atom stereocenters. The number of pyridine rings is 1. The normalized spacial score (nSPS) is 21.4. The lowest BCUT2D eigenvalue weighted by molar-refractivity contribution is -0.128. The van der Waals surface area contributed by atoms with Gasteiger partial charge in [0.2, 0.25) is 5.91 Å². The zero-order valence-corrected chi connectivity index (χ0v) is 26.7. The first-order chi connectivity index (χ1) is 22.3. The fraction of sp³-hybridized carbons (Fsp3) is 0.353. The third-order valence-electron chi connectivity index (χ3n) is 9.99. The van der Waals surface area contributed by atoms with E-state index in [1.807, 2.05) is 41.8 Å². The summed E-state index contributed by atoms with van der Waals surface area (Å²) >= 11 is -0.0583. The standard InChI is InChI=1S/C34H30FN5O4S2/c1-46(44)33-23-14-20(16-38-11-5-9-27(38)41)40(31-19-13-25(31)39(15-19)34(42)43)32(23)22-12-18(6-4-10-36)28(29(35)30(22)37-33)24-17-45-26-8-3-2-7-21(24)26/h2-3,7-8,12,14,17,19,25,31H,4-6,9,11,13,15-16H2,1H3,(H,42,43)/t19-,25-,31+,46?/m1/s1. The molecule has 2 aromatic carbocycles. The second kappa shape index (κ2) is 11.0.